The van der Waals surface area contributed by atoms with Crippen molar-refractivity contribution in [2.45, 2.75) is 6.42 Å². The molecule has 6 nitrogen and oxygen atoms in total. The fraction of sp³-hybridized carbons (Fsp3) is 0.455. The molecule has 0 atom stereocenters. The summed E-state index contributed by atoms with van der Waals surface area (Å²) < 4.78 is 1.68. The fourth-order valence-corrected chi connectivity index (χ4v) is 1.94. The van der Waals surface area contributed by atoms with Gasteiger partial charge in [-0.3, -0.25) is 9.59 Å². The zero-order chi connectivity index (χ0) is 12.4. The van der Waals surface area contributed by atoms with E-state index in [1.54, 1.807) is 28.8 Å². The Labute approximate surface area is 99.4 Å². The number of nitrogens with one attached hydrogen (secondary N) is 1. The third kappa shape index (κ3) is 2.41. The van der Waals surface area contributed by atoms with Crippen LogP contribution in [-0.2, 0) is 11.8 Å². The van der Waals surface area contributed by atoms with Crippen LogP contribution in [0.1, 0.15) is 16.9 Å². The number of hydrogen-bond acceptors (Lipinski definition) is 3. The first kappa shape index (κ1) is 11.5. The van der Waals surface area contributed by atoms with Crippen molar-refractivity contribution in [3.05, 3.63) is 18.0 Å². The second kappa shape index (κ2) is 4.48. The van der Waals surface area contributed by atoms with E-state index in [1.165, 1.54) is 0 Å². The molecule has 2 heterocycles. The van der Waals surface area contributed by atoms with Crippen LogP contribution >= 0.6 is 0 Å². The summed E-state index contributed by atoms with van der Waals surface area (Å²) in [4.78, 5) is 25.1. The molecule has 0 bridgehead atoms. The predicted octanol–water partition coefficient (Wildman–Crippen LogP) is -0.431. The number of nitrogen functional groups attached to an aromatic ring is 1. The standard InChI is InChI=1S/C11H16N4O2/c1-14-6-8(12)5-9(14)11(17)15-4-2-3-13-10(16)7-15/h5-6H,2-4,7,12H2,1H3,(H,13,16). The number of carbonyl (C=O) groups is 2. The lowest BCUT2D eigenvalue weighted by molar-refractivity contribution is -0.121. The first-order valence-electron chi connectivity index (χ1n) is 5.56. The lowest BCUT2D eigenvalue weighted by atomic mass is 10.3. The Bertz CT molecular complexity index is 452. The highest BCUT2D eigenvalue weighted by atomic mass is 16.2. The molecule has 1 aliphatic rings. The van der Waals surface area contributed by atoms with Gasteiger partial charge in [0.2, 0.25) is 5.91 Å². The van der Waals surface area contributed by atoms with Gasteiger partial charge in [0.1, 0.15) is 5.69 Å². The van der Waals surface area contributed by atoms with Crippen molar-refractivity contribution < 1.29 is 9.59 Å². The van der Waals surface area contributed by atoms with Gasteiger partial charge in [-0.2, -0.15) is 0 Å². The van der Waals surface area contributed by atoms with E-state index in [2.05, 4.69) is 5.32 Å². The quantitative estimate of drug-likeness (QED) is 0.694. The number of amides is 2. The van der Waals surface area contributed by atoms with E-state index >= 15 is 0 Å². The second-order valence-corrected chi connectivity index (χ2v) is 4.20. The SMILES string of the molecule is Cn1cc(N)cc1C(=O)N1CCCNC(=O)C1. The van der Waals surface area contributed by atoms with Gasteiger partial charge in [-0.1, -0.05) is 0 Å². The molecule has 0 aliphatic carbocycles. The van der Waals surface area contributed by atoms with Crippen LogP contribution in [0.25, 0.3) is 0 Å². The molecule has 0 unspecified atom stereocenters. The molecule has 0 radical (unpaired) electrons. The van der Waals surface area contributed by atoms with Crippen LogP contribution in [-0.4, -0.2) is 40.9 Å². The van der Waals surface area contributed by atoms with E-state index in [-0.39, 0.29) is 18.4 Å². The zero-order valence-electron chi connectivity index (χ0n) is 9.77. The zero-order valence-corrected chi connectivity index (χ0v) is 9.77. The van der Waals surface area contributed by atoms with E-state index in [4.69, 9.17) is 5.73 Å². The Morgan fingerprint density at radius 2 is 2.29 bits per heavy atom. The third-order valence-electron chi connectivity index (χ3n) is 2.79. The predicted molar refractivity (Wildman–Crippen MR) is 63.4 cm³/mol. The molecule has 2 rings (SSSR count). The fourth-order valence-electron chi connectivity index (χ4n) is 1.94. The number of rotatable bonds is 1. The van der Waals surface area contributed by atoms with Gasteiger partial charge in [-0.05, 0) is 12.5 Å². The Balaban J connectivity index is 2.18. The number of aryl methyl sites for hydroxylation is 1. The van der Waals surface area contributed by atoms with Crippen molar-refractivity contribution in [2.24, 2.45) is 7.05 Å². The van der Waals surface area contributed by atoms with Gasteiger partial charge in [0.25, 0.3) is 5.91 Å². The molecule has 1 fully saturated rings. The molecule has 2 amide bonds. The first-order valence-corrected chi connectivity index (χ1v) is 5.56. The topological polar surface area (TPSA) is 80.4 Å². The molecule has 17 heavy (non-hydrogen) atoms. The van der Waals surface area contributed by atoms with Crippen molar-refractivity contribution in [1.82, 2.24) is 14.8 Å². The monoisotopic (exact) mass is 236 g/mol. The molecule has 1 aliphatic heterocycles. The average Bonchev–Trinajstić information content (AvgIpc) is 2.49. The van der Waals surface area contributed by atoms with Crippen LogP contribution in [0, 0.1) is 0 Å². The molecular formula is C11H16N4O2. The molecule has 0 aromatic carbocycles. The molecule has 1 aromatic rings. The number of aromatic nitrogens is 1. The van der Waals surface area contributed by atoms with E-state index in [0.29, 0.717) is 24.5 Å². The van der Waals surface area contributed by atoms with Crippen molar-refractivity contribution in [2.75, 3.05) is 25.4 Å². The van der Waals surface area contributed by atoms with E-state index in [1.807, 2.05) is 0 Å². The molecule has 0 saturated carbocycles. The van der Waals surface area contributed by atoms with Crippen LogP contribution in [0.5, 0.6) is 0 Å². The van der Waals surface area contributed by atoms with Crippen LogP contribution < -0.4 is 11.1 Å². The minimum absolute atomic E-state index is 0.113. The summed E-state index contributed by atoms with van der Waals surface area (Å²) in [6, 6.07) is 1.63. The van der Waals surface area contributed by atoms with E-state index in [9.17, 15) is 9.59 Å². The summed E-state index contributed by atoms with van der Waals surface area (Å²) >= 11 is 0. The smallest absolute Gasteiger partial charge is 0.271 e. The van der Waals surface area contributed by atoms with Crippen molar-refractivity contribution in [3.63, 3.8) is 0 Å². The molecule has 1 aromatic heterocycles. The molecule has 6 heteroatoms. The van der Waals surface area contributed by atoms with Crippen molar-refractivity contribution in [1.29, 1.82) is 0 Å². The molecule has 92 valence electrons. The summed E-state index contributed by atoms with van der Waals surface area (Å²) in [5.74, 6) is -0.265. The van der Waals surface area contributed by atoms with E-state index < -0.39 is 0 Å². The van der Waals surface area contributed by atoms with Gasteiger partial charge in [-0.25, -0.2) is 0 Å². The van der Waals surface area contributed by atoms with Crippen LogP contribution in [0.4, 0.5) is 5.69 Å². The van der Waals surface area contributed by atoms with Crippen molar-refractivity contribution in [3.8, 4) is 0 Å². The summed E-state index contributed by atoms with van der Waals surface area (Å²) in [6.07, 6.45) is 2.46. The van der Waals surface area contributed by atoms with Gasteiger partial charge in [-0.15, -0.1) is 0 Å². The summed E-state index contributed by atoms with van der Waals surface area (Å²) in [5.41, 5.74) is 6.70. The van der Waals surface area contributed by atoms with Gasteiger partial charge >= 0.3 is 0 Å². The normalized spacial score (nSPS) is 16.5. The summed E-state index contributed by atoms with van der Waals surface area (Å²) in [5, 5.41) is 2.74. The lowest BCUT2D eigenvalue weighted by Crippen LogP contribution is -2.38. The third-order valence-corrected chi connectivity index (χ3v) is 2.79. The number of nitrogens with two attached hydrogens (primary N) is 1. The Kier molecular flexibility index (Phi) is 3.03. The van der Waals surface area contributed by atoms with Gasteiger partial charge in [0.15, 0.2) is 0 Å². The van der Waals surface area contributed by atoms with E-state index in [0.717, 1.165) is 6.42 Å². The number of hydrogen-bond donors (Lipinski definition) is 2. The first-order chi connectivity index (χ1) is 8.08. The number of nitrogens with zero attached hydrogens (tertiary/aromatic N) is 2. The highest BCUT2D eigenvalue weighted by Gasteiger charge is 2.22. The number of anilines is 1. The molecule has 1 saturated heterocycles. The largest absolute Gasteiger partial charge is 0.397 e. The second-order valence-electron chi connectivity index (χ2n) is 4.20. The Morgan fingerprint density at radius 3 is 2.94 bits per heavy atom. The maximum Gasteiger partial charge on any atom is 0.271 e. The van der Waals surface area contributed by atoms with Crippen molar-refractivity contribution >= 4 is 17.5 Å². The Morgan fingerprint density at radius 1 is 1.53 bits per heavy atom. The van der Waals surface area contributed by atoms with Gasteiger partial charge < -0.3 is 20.5 Å². The summed E-state index contributed by atoms with van der Waals surface area (Å²) in [6.45, 7) is 1.32. The summed E-state index contributed by atoms with van der Waals surface area (Å²) in [7, 11) is 1.77. The Hall–Kier alpha value is -1.98. The van der Waals surface area contributed by atoms with Crippen LogP contribution in [0.3, 0.4) is 0 Å². The lowest BCUT2D eigenvalue weighted by Gasteiger charge is -2.19. The van der Waals surface area contributed by atoms with Crippen LogP contribution in [0.2, 0.25) is 0 Å². The molecular weight excluding hydrogens is 220 g/mol. The maximum atomic E-state index is 12.2. The highest BCUT2D eigenvalue weighted by Crippen LogP contribution is 2.12. The average molecular weight is 236 g/mol. The minimum atomic E-state index is -0.152. The minimum Gasteiger partial charge on any atom is -0.397 e. The number of carbonyl (C=O) groups excluding carboxylic acids is 2. The highest BCUT2D eigenvalue weighted by molar-refractivity contribution is 5.96. The maximum absolute atomic E-state index is 12.2. The van der Waals surface area contributed by atoms with Gasteiger partial charge in [0.05, 0.1) is 12.2 Å². The molecule has 3 N–H and O–H groups in total. The van der Waals surface area contributed by atoms with Crippen LogP contribution in [0.15, 0.2) is 12.3 Å². The molecule has 0 spiro atoms. The van der Waals surface area contributed by atoms with Gasteiger partial charge in [0, 0.05) is 26.3 Å².